The van der Waals surface area contributed by atoms with Crippen molar-refractivity contribution in [3.8, 4) is 23.0 Å². The van der Waals surface area contributed by atoms with Crippen LogP contribution in [0.1, 0.15) is 0 Å². The van der Waals surface area contributed by atoms with Gasteiger partial charge in [0.15, 0.2) is 0 Å². The van der Waals surface area contributed by atoms with E-state index in [1.165, 1.54) is 0 Å². The van der Waals surface area contributed by atoms with Gasteiger partial charge in [-0.25, -0.2) is 0 Å². The molecule has 4 N–H and O–H groups in total. The summed E-state index contributed by atoms with van der Waals surface area (Å²) in [6, 6.07) is 26.7. The summed E-state index contributed by atoms with van der Waals surface area (Å²) in [5, 5.41) is 36.7. The minimum absolute atomic E-state index is 0. The molecule has 0 fully saturated rings. The van der Waals surface area contributed by atoms with Crippen molar-refractivity contribution in [2.45, 2.75) is 0 Å². The van der Waals surface area contributed by atoms with Crippen molar-refractivity contribution in [1.82, 2.24) is 0 Å². The van der Waals surface area contributed by atoms with Crippen LogP contribution in [0.4, 0.5) is 0 Å². The first-order valence-electron chi connectivity index (χ1n) is 8.96. The molecule has 0 atom stereocenters. The summed E-state index contributed by atoms with van der Waals surface area (Å²) in [5.74, 6) is 0.534. The Morgan fingerprint density at radius 2 is 0.485 bits per heavy atom. The van der Waals surface area contributed by atoms with E-state index in [0.29, 0.717) is 20.1 Å². The van der Waals surface area contributed by atoms with E-state index in [1.807, 2.05) is 0 Å². The normalized spacial score (nSPS) is 8.85. The quantitative estimate of drug-likeness (QED) is 0.163. The minimum Gasteiger partial charge on any atom is -0.506 e. The van der Waals surface area contributed by atoms with Gasteiger partial charge in [0.2, 0.25) is 0 Å². The van der Waals surface area contributed by atoms with Crippen LogP contribution in [0.25, 0.3) is 0 Å². The third kappa shape index (κ3) is 13.3. The van der Waals surface area contributed by atoms with Gasteiger partial charge in [0.05, 0.1) is 20.1 Å². The van der Waals surface area contributed by atoms with Crippen LogP contribution < -0.4 is 0 Å². The maximum atomic E-state index is 8.79. The van der Waals surface area contributed by atoms with Crippen LogP contribution in [-0.4, -0.2) is 20.4 Å². The fourth-order valence-electron chi connectivity index (χ4n) is 1.81. The number of aromatic hydroxyl groups is 4. The molecule has 0 unspecified atom stereocenters. The summed E-state index contributed by atoms with van der Waals surface area (Å²) in [6.45, 7) is 0. The first-order chi connectivity index (χ1) is 15.2. The average Bonchev–Trinajstić information content (AvgIpc) is 2.78. The molecule has 4 aromatic rings. The molecule has 0 bridgehead atoms. The number of benzene rings is 4. The van der Waals surface area contributed by atoms with Crippen molar-refractivity contribution in [1.29, 1.82) is 0 Å². The molecule has 33 heavy (non-hydrogen) atoms. The van der Waals surface area contributed by atoms with E-state index in [2.05, 4.69) is 0 Å². The van der Waals surface area contributed by atoms with Gasteiger partial charge in [-0.15, -0.1) is 0 Å². The average molecular weight is 562 g/mol. The SMILES string of the molecule is Oc1ccccc1Cl.Oc1ccccc1Cl.Oc1ccccc1Cl.Oc1ccccc1Cl.[Ti]. The number of hydrogen-bond acceptors (Lipinski definition) is 4. The predicted molar refractivity (Wildman–Crippen MR) is 132 cm³/mol. The van der Waals surface area contributed by atoms with E-state index in [9.17, 15) is 0 Å². The maximum absolute atomic E-state index is 8.79. The third-order valence-electron chi connectivity index (χ3n) is 3.41. The fraction of sp³-hybridized carbons (Fsp3) is 0. The van der Waals surface area contributed by atoms with Gasteiger partial charge in [-0.05, 0) is 48.5 Å². The zero-order chi connectivity index (χ0) is 23.9. The van der Waals surface area contributed by atoms with Crippen LogP contribution in [0.3, 0.4) is 0 Å². The van der Waals surface area contributed by atoms with Gasteiger partial charge in [-0.3, -0.25) is 0 Å². The topological polar surface area (TPSA) is 80.9 Å². The van der Waals surface area contributed by atoms with Crippen LogP contribution >= 0.6 is 46.4 Å². The van der Waals surface area contributed by atoms with Crippen molar-refractivity contribution >= 4 is 46.4 Å². The largest absolute Gasteiger partial charge is 0.506 e. The Balaban J connectivity index is 0.000000410. The zero-order valence-electron chi connectivity index (χ0n) is 17.0. The molecular formula is C24H20Cl4O4Ti. The van der Waals surface area contributed by atoms with Gasteiger partial charge in [-0.2, -0.15) is 0 Å². The Bertz CT molecular complexity index is 839. The number of halogens is 4. The van der Waals surface area contributed by atoms with Crippen molar-refractivity contribution in [2.24, 2.45) is 0 Å². The van der Waals surface area contributed by atoms with E-state index in [4.69, 9.17) is 66.8 Å². The molecule has 9 heteroatoms. The zero-order valence-corrected chi connectivity index (χ0v) is 21.6. The van der Waals surface area contributed by atoms with E-state index in [1.54, 1.807) is 97.1 Å². The second kappa shape index (κ2) is 17.4. The second-order valence-corrected chi connectivity index (χ2v) is 7.43. The summed E-state index contributed by atoms with van der Waals surface area (Å²) < 4.78 is 0. The molecule has 0 heterocycles. The maximum Gasteiger partial charge on any atom is 0.134 e. The summed E-state index contributed by atoms with van der Waals surface area (Å²) >= 11 is 21.8. The van der Waals surface area contributed by atoms with E-state index in [-0.39, 0.29) is 44.7 Å². The second-order valence-electron chi connectivity index (χ2n) is 5.81. The molecule has 0 aliphatic heterocycles. The van der Waals surface area contributed by atoms with E-state index in [0.717, 1.165) is 0 Å². The molecule has 4 aromatic carbocycles. The molecule has 0 aliphatic rings. The predicted octanol–water partition coefficient (Wildman–Crippen LogP) is 8.18. The molecule has 0 aliphatic carbocycles. The van der Waals surface area contributed by atoms with Gasteiger partial charge in [0.1, 0.15) is 23.0 Å². The number of rotatable bonds is 0. The molecule has 0 aromatic heterocycles. The third-order valence-corrected chi connectivity index (χ3v) is 4.69. The number of hydrogen-bond donors (Lipinski definition) is 4. The Morgan fingerprint density at radius 3 is 0.576 bits per heavy atom. The molecular weight excluding hydrogens is 542 g/mol. The summed E-state index contributed by atoms with van der Waals surface area (Å²) in [5.41, 5.74) is 0. The molecule has 0 spiro atoms. The van der Waals surface area contributed by atoms with Gasteiger partial charge in [0, 0.05) is 21.7 Å². The molecule has 0 saturated carbocycles. The van der Waals surface area contributed by atoms with Crippen molar-refractivity contribution < 1.29 is 42.1 Å². The molecule has 0 radical (unpaired) electrons. The Hall–Kier alpha value is -2.05. The van der Waals surface area contributed by atoms with Crippen LogP contribution in [0.2, 0.25) is 20.1 Å². The van der Waals surface area contributed by atoms with Gasteiger partial charge in [0.25, 0.3) is 0 Å². The number of para-hydroxylation sites is 4. The van der Waals surface area contributed by atoms with Gasteiger partial charge in [-0.1, -0.05) is 94.9 Å². The van der Waals surface area contributed by atoms with Crippen LogP contribution in [0.15, 0.2) is 97.1 Å². The van der Waals surface area contributed by atoms with E-state index >= 15 is 0 Å². The van der Waals surface area contributed by atoms with Crippen LogP contribution in [0.5, 0.6) is 23.0 Å². The first kappa shape index (κ1) is 31.0. The van der Waals surface area contributed by atoms with Crippen molar-refractivity contribution in [3.63, 3.8) is 0 Å². The molecule has 0 amide bonds. The fourth-order valence-corrected chi connectivity index (χ4v) is 2.35. The molecule has 4 rings (SSSR count). The smallest absolute Gasteiger partial charge is 0.134 e. The standard InChI is InChI=1S/4C6H5ClO.Ti/c4*7-5-3-1-2-4-6(5)8;/h4*1-4,8H;. The Labute approximate surface area is 227 Å². The molecule has 172 valence electrons. The van der Waals surface area contributed by atoms with Crippen LogP contribution in [0, 0.1) is 0 Å². The number of phenolic OH excluding ortho intramolecular Hbond substituents is 4. The summed E-state index contributed by atoms with van der Waals surface area (Å²) in [4.78, 5) is 0. The number of phenols is 4. The van der Waals surface area contributed by atoms with Crippen molar-refractivity contribution in [2.75, 3.05) is 0 Å². The monoisotopic (exact) mass is 560 g/mol. The molecule has 4 nitrogen and oxygen atoms in total. The van der Waals surface area contributed by atoms with Crippen LogP contribution in [-0.2, 0) is 21.7 Å². The first-order valence-corrected chi connectivity index (χ1v) is 10.5. The van der Waals surface area contributed by atoms with Gasteiger partial charge < -0.3 is 20.4 Å². The minimum atomic E-state index is 0. The molecule has 0 saturated heterocycles. The Morgan fingerprint density at radius 1 is 0.333 bits per heavy atom. The Kier molecular flexibility index (Phi) is 16.4. The van der Waals surface area contributed by atoms with Crippen molar-refractivity contribution in [3.05, 3.63) is 117 Å². The van der Waals surface area contributed by atoms with Gasteiger partial charge >= 0.3 is 0 Å². The summed E-state index contributed by atoms with van der Waals surface area (Å²) in [6.07, 6.45) is 0. The van der Waals surface area contributed by atoms with E-state index < -0.39 is 0 Å². The summed E-state index contributed by atoms with van der Waals surface area (Å²) in [7, 11) is 0.